The monoisotopic (exact) mass is 256 g/mol. The largest absolute Gasteiger partial charge is 0.506 e. The second-order valence-electron chi connectivity index (χ2n) is 4.28. The molecule has 0 unspecified atom stereocenters. The Bertz CT molecular complexity index is 475. The van der Waals surface area contributed by atoms with Crippen molar-refractivity contribution in [2.45, 2.75) is 43.1 Å². The van der Waals surface area contributed by atoms with Gasteiger partial charge in [0.15, 0.2) is 0 Å². The second-order valence-corrected chi connectivity index (χ2v) is 5.82. The van der Waals surface area contributed by atoms with Crippen molar-refractivity contribution >= 4 is 10.1 Å². The molecule has 1 aliphatic rings. The summed E-state index contributed by atoms with van der Waals surface area (Å²) in [6, 6.07) is 5.84. The van der Waals surface area contributed by atoms with E-state index in [4.69, 9.17) is 4.18 Å². The first-order chi connectivity index (χ1) is 8.09. The summed E-state index contributed by atoms with van der Waals surface area (Å²) in [5, 5.41) is 9.52. The van der Waals surface area contributed by atoms with Crippen LogP contribution in [-0.4, -0.2) is 19.6 Å². The minimum atomic E-state index is -3.84. The molecule has 4 nitrogen and oxygen atoms in total. The summed E-state index contributed by atoms with van der Waals surface area (Å²) in [4.78, 5) is -0.148. The van der Waals surface area contributed by atoms with E-state index in [1.807, 2.05) is 0 Å². The Morgan fingerprint density at radius 1 is 1.12 bits per heavy atom. The van der Waals surface area contributed by atoms with Gasteiger partial charge < -0.3 is 5.11 Å². The fourth-order valence-corrected chi connectivity index (χ4v) is 3.28. The molecule has 2 rings (SSSR count). The molecule has 1 aromatic carbocycles. The average Bonchev–Trinajstić information content (AvgIpc) is 2.30. The van der Waals surface area contributed by atoms with Crippen LogP contribution in [0.15, 0.2) is 29.2 Å². The maximum atomic E-state index is 11.9. The summed E-state index contributed by atoms with van der Waals surface area (Å²) < 4.78 is 29.0. The van der Waals surface area contributed by atoms with Gasteiger partial charge in [-0.3, -0.25) is 4.18 Å². The van der Waals surface area contributed by atoms with Gasteiger partial charge in [-0.05, 0) is 25.0 Å². The summed E-state index contributed by atoms with van der Waals surface area (Å²) in [5.74, 6) is -0.261. The van der Waals surface area contributed by atoms with Crippen LogP contribution in [0.3, 0.4) is 0 Å². The van der Waals surface area contributed by atoms with Crippen molar-refractivity contribution in [3.63, 3.8) is 0 Å². The number of phenols is 1. The smallest absolute Gasteiger partial charge is 0.300 e. The lowest BCUT2D eigenvalue weighted by atomic mass is 9.98. The fraction of sp³-hybridized carbons (Fsp3) is 0.500. The van der Waals surface area contributed by atoms with Crippen LogP contribution in [0.2, 0.25) is 0 Å². The molecule has 5 heteroatoms. The third-order valence-corrected chi connectivity index (χ3v) is 4.36. The third kappa shape index (κ3) is 2.98. The number of para-hydroxylation sites is 1. The molecular formula is C12H16O4S. The van der Waals surface area contributed by atoms with Gasteiger partial charge in [0.05, 0.1) is 6.10 Å². The van der Waals surface area contributed by atoms with Crippen molar-refractivity contribution in [2.75, 3.05) is 0 Å². The van der Waals surface area contributed by atoms with Crippen LogP contribution < -0.4 is 0 Å². The van der Waals surface area contributed by atoms with Crippen LogP contribution in [0.1, 0.15) is 32.1 Å². The Labute approximate surface area is 101 Å². The van der Waals surface area contributed by atoms with Gasteiger partial charge in [-0.2, -0.15) is 8.42 Å². The minimum absolute atomic E-state index is 0.148. The van der Waals surface area contributed by atoms with Gasteiger partial charge in [-0.15, -0.1) is 0 Å². The number of benzene rings is 1. The van der Waals surface area contributed by atoms with E-state index in [2.05, 4.69) is 0 Å². The average molecular weight is 256 g/mol. The lowest BCUT2D eigenvalue weighted by Crippen LogP contribution is -2.21. The van der Waals surface area contributed by atoms with Crippen molar-refractivity contribution in [3.05, 3.63) is 24.3 Å². The third-order valence-electron chi connectivity index (χ3n) is 2.95. The molecule has 0 bridgehead atoms. The molecule has 1 N–H and O–H groups in total. The molecule has 1 aromatic rings. The minimum Gasteiger partial charge on any atom is -0.506 e. The molecule has 0 aliphatic heterocycles. The van der Waals surface area contributed by atoms with Crippen molar-refractivity contribution in [2.24, 2.45) is 0 Å². The number of hydrogen-bond acceptors (Lipinski definition) is 4. The number of phenolic OH excluding ortho intramolecular Hbond substituents is 1. The van der Waals surface area contributed by atoms with E-state index in [-0.39, 0.29) is 16.7 Å². The van der Waals surface area contributed by atoms with E-state index >= 15 is 0 Å². The van der Waals surface area contributed by atoms with Crippen LogP contribution in [0.5, 0.6) is 5.75 Å². The molecule has 0 amide bonds. The van der Waals surface area contributed by atoms with Gasteiger partial charge >= 0.3 is 10.1 Å². The van der Waals surface area contributed by atoms with Crippen molar-refractivity contribution in [1.82, 2.24) is 0 Å². The van der Waals surface area contributed by atoms with Gasteiger partial charge in [0, 0.05) is 0 Å². The molecule has 0 aromatic heterocycles. The first kappa shape index (κ1) is 12.4. The summed E-state index contributed by atoms with van der Waals surface area (Å²) in [6.07, 6.45) is 4.44. The maximum Gasteiger partial charge on any atom is 0.300 e. The van der Waals surface area contributed by atoms with Crippen molar-refractivity contribution < 1.29 is 17.7 Å². The Hall–Kier alpha value is -1.07. The predicted octanol–water partition coefficient (Wildman–Crippen LogP) is 2.43. The Balaban J connectivity index is 2.16. The second kappa shape index (κ2) is 5.06. The van der Waals surface area contributed by atoms with Gasteiger partial charge in [0.25, 0.3) is 0 Å². The number of hydrogen-bond donors (Lipinski definition) is 1. The molecule has 1 saturated carbocycles. The molecule has 0 saturated heterocycles. The first-order valence-corrected chi connectivity index (χ1v) is 7.22. The first-order valence-electron chi connectivity index (χ1n) is 5.81. The lowest BCUT2D eigenvalue weighted by molar-refractivity contribution is 0.162. The maximum absolute atomic E-state index is 11.9. The zero-order valence-corrected chi connectivity index (χ0v) is 10.3. The van der Waals surface area contributed by atoms with Gasteiger partial charge in [0.2, 0.25) is 0 Å². The summed E-state index contributed by atoms with van der Waals surface area (Å²) in [5.41, 5.74) is 0. The number of rotatable bonds is 3. The van der Waals surface area contributed by atoms with E-state index in [1.165, 1.54) is 12.1 Å². The van der Waals surface area contributed by atoms with Crippen LogP contribution in [0.4, 0.5) is 0 Å². The van der Waals surface area contributed by atoms with E-state index in [9.17, 15) is 13.5 Å². The Morgan fingerprint density at radius 2 is 1.76 bits per heavy atom. The number of aromatic hydroxyl groups is 1. The predicted molar refractivity (Wildman–Crippen MR) is 63.3 cm³/mol. The van der Waals surface area contributed by atoms with Gasteiger partial charge in [-0.1, -0.05) is 31.4 Å². The zero-order chi connectivity index (χ0) is 12.3. The zero-order valence-electron chi connectivity index (χ0n) is 9.50. The molecule has 1 fully saturated rings. The highest BCUT2D eigenvalue weighted by Crippen LogP contribution is 2.28. The van der Waals surface area contributed by atoms with E-state index < -0.39 is 10.1 Å². The van der Waals surface area contributed by atoms with Crippen LogP contribution in [0, 0.1) is 0 Å². The summed E-state index contributed by atoms with van der Waals surface area (Å²) >= 11 is 0. The molecule has 0 atom stereocenters. The highest BCUT2D eigenvalue weighted by Gasteiger charge is 2.25. The summed E-state index contributed by atoms with van der Waals surface area (Å²) in [7, 11) is -3.84. The molecule has 94 valence electrons. The van der Waals surface area contributed by atoms with Crippen molar-refractivity contribution in [1.29, 1.82) is 0 Å². The molecule has 17 heavy (non-hydrogen) atoms. The van der Waals surface area contributed by atoms with E-state index in [1.54, 1.807) is 12.1 Å². The van der Waals surface area contributed by atoms with Crippen molar-refractivity contribution in [3.8, 4) is 5.75 Å². The van der Waals surface area contributed by atoms with Crippen LogP contribution >= 0.6 is 0 Å². The highest BCUT2D eigenvalue weighted by molar-refractivity contribution is 7.86. The normalized spacial score (nSPS) is 18.1. The quantitative estimate of drug-likeness (QED) is 0.844. The molecule has 0 spiro atoms. The standard InChI is InChI=1S/C12H16O4S/c13-11-8-4-5-9-12(11)17(14,15)16-10-6-2-1-3-7-10/h4-5,8-10,13H,1-3,6-7H2. The van der Waals surface area contributed by atoms with Gasteiger partial charge in [0.1, 0.15) is 10.6 Å². The lowest BCUT2D eigenvalue weighted by Gasteiger charge is -2.21. The van der Waals surface area contributed by atoms with Gasteiger partial charge in [-0.25, -0.2) is 0 Å². The molecule has 0 radical (unpaired) electrons. The molecular weight excluding hydrogens is 240 g/mol. The summed E-state index contributed by atoms with van der Waals surface area (Å²) in [6.45, 7) is 0. The Kier molecular flexibility index (Phi) is 3.69. The Morgan fingerprint density at radius 3 is 2.41 bits per heavy atom. The van der Waals surface area contributed by atoms with E-state index in [0.717, 1.165) is 32.1 Å². The highest BCUT2D eigenvalue weighted by atomic mass is 32.2. The fourth-order valence-electron chi connectivity index (χ4n) is 2.06. The topological polar surface area (TPSA) is 63.6 Å². The van der Waals surface area contributed by atoms with E-state index in [0.29, 0.717) is 0 Å². The SMILES string of the molecule is O=S(=O)(OC1CCCCC1)c1ccccc1O. The molecule has 1 aliphatic carbocycles. The van der Waals surface area contributed by atoms with Crippen LogP contribution in [-0.2, 0) is 14.3 Å². The molecule has 0 heterocycles. The van der Waals surface area contributed by atoms with Crippen LogP contribution in [0.25, 0.3) is 0 Å².